The molecule has 0 aliphatic carbocycles. The van der Waals surface area contributed by atoms with Crippen LogP contribution in [0.5, 0.6) is 5.75 Å². The summed E-state index contributed by atoms with van der Waals surface area (Å²) in [6.45, 7) is 1.97. The molecule has 0 atom stereocenters. The molecule has 0 fully saturated rings. The van der Waals surface area contributed by atoms with Crippen LogP contribution in [0.25, 0.3) is 11.3 Å². The van der Waals surface area contributed by atoms with E-state index in [2.05, 4.69) is 15.6 Å². The highest BCUT2D eigenvalue weighted by molar-refractivity contribution is 7.20. The molecule has 7 nitrogen and oxygen atoms in total. The fourth-order valence-corrected chi connectivity index (χ4v) is 3.29. The molecular weight excluding hydrogens is 378 g/mol. The highest BCUT2D eigenvalue weighted by Gasteiger charge is 2.18. The number of benzene rings is 2. The Bertz CT molecular complexity index is 955. The Labute approximate surface area is 166 Å². The van der Waals surface area contributed by atoms with E-state index in [0.717, 1.165) is 16.9 Å². The summed E-state index contributed by atoms with van der Waals surface area (Å²) in [5.41, 5.74) is 1.87. The van der Waals surface area contributed by atoms with Crippen molar-refractivity contribution in [3.05, 3.63) is 60.2 Å². The van der Waals surface area contributed by atoms with E-state index < -0.39 is 6.09 Å². The van der Waals surface area contributed by atoms with Gasteiger partial charge in [-0.3, -0.25) is 10.1 Å². The predicted molar refractivity (Wildman–Crippen MR) is 109 cm³/mol. The summed E-state index contributed by atoms with van der Waals surface area (Å²) in [7, 11) is 1.57. The Morgan fingerprint density at radius 3 is 2.39 bits per heavy atom. The van der Waals surface area contributed by atoms with Crippen molar-refractivity contribution in [2.45, 2.75) is 6.92 Å². The van der Waals surface area contributed by atoms with Crippen LogP contribution >= 0.6 is 11.3 Å². The Balaban J connectivity index is 1.87. The SMILES string of the molecule is CCOC(=O)Nc1nc(-c2ccccc2)c(NC(=O)c2ccc(OC)cc2)s1. The summed E-state index contributed by atoms with van der Waals surface area (Å²) in [6, 6.07) is 16.2. The smallest absolute Gasteiger partial charge is 0.413 e. The Morgan fingerprint density at radius 2 is 1.75 bits per heavy atom. The van der Waals surface area contributed by atoms with Crippen molar-refractivity contribution in [1.29, 1.82) is 0 Å². The van der Waals surface area contributed by atoms with Crippen molar-refractivity contribution >= 4 is 33.5 Å². The van der Waals surface area contributed by atoms with Crippen LogP contribution in [0.15, 0.2) is 54.6 Å². The first-order valence-corrected chi connectivity index (χ1v) is 9.37. The molecule has 8 heteroatoms. The monoisotopic (exact) mass is 397 g/mol. The summed E-state index contributed by atoms with van der Waals surface area (Å²) in [5.74, 6) is 0.381. The molecule has 0 spiro atoms. The molecule has 3 rings (SSSR count). The molecule has 0 saturated carbocycles. The molecule has 0 aliphatic rings. The second-order valence-electron chi connectivity index (χ2n) is 5.59. The van der Waals surface area contributed by atoms with Gasteiger partial charge in [-0.25, -0.2) is 9.78 Å². The summed E-state index contributed by atoms with van der Waals surface area (Å²) in [4.78, 5) is 28.8. The van der Waals surface area contributed by atoms with Crippen molar-refractivity contribution in [2.24, 2.45) is 0 Å². The molecule has 144 valence electrons. The molecule has 0 aliphatic heterocycles. The van der Waals surface area contributed by atoms with Crippen LogP contribution in [0.4, 0.5) is 14.9 Å². The minimum Gasteiger partial charge on any atom is -0.497 e. The van der Waals surface area contributed by atoms with E-state index >= 15 is 0 Å². The zero-order chi connectivity index (χ0) is 19.9. The van der Waals surface area contributed by atoms with Gasteiger partial charge < -0.3 is 14.8 Å². The molecule has 3 aromatic rings. The molecule has 2 amide bonds. The van der Waals surface area contributed by atoms with Gasteiger partial charge in [0.2, 0.25) is 0 Å². The number of aromatic nitrogens is 1. The third-order valence-corrected chi connectivity index (χ3v) is 4.62. The van der Waals surface area contributed by atoms with Gasteiger partial charge in [-0.15, -0.1) is 0 Å². The lowest BCUT2D eigenvalue weighted by atomic mass is 10.1. The van der Waals surface area contributed by atoms with Crippen LogP contribution in [0.3, 0.4) is 0 Å². The quantitative estimate of drug-likeness (QED) is 0.632. The van der Waals surface area contributed by atoms with Gasteiger partial charge >= 0.3 is 6.09 Å². The fraction of sp³-hybridized carbons (Fsp3) is 0.150. The maximum Gasteiger partial charge on any atom is 0.413 e. The highest BCUT2D eigenvalue weighted by Crippen LogP contribution is 2.36. The van der Waals surface area contributed by atoms with Gasteiger partial charge in [0.25, 0.3) is 5.91 Å². The first kappa shape index (κ1) is 19.4. The van der Waals surface area contributed by atoms with Gasteiger partial charge in [-0.1, -0.05) is 41.7 Å². The Hall–Kier alpha value is -3.39. The van der Waals surface area contributed by atoms with Crippen LogP contribution in [0.1, 0.15) is 17.3 Å². The van der Waals surface area contributed by atoms with Crippen molar-refractivity contribution in [3.63, 3.8) is 0 Å². The van der Waals surface area contributed by atoms with E-state index in [-0.39, 0.29) is 12.5 Å². The number of amides is 2. The number of thiazole rings is 1. The van der Waals surface area contributed by atoms with E-state index in [4.69, 9.17) is 9.47 Å². The standard InChI is InChI=1S/C20H19N3O4S/c1-3-27-20(25)23-19-21-16(13-7-5-4-6-8-13)18(28-19)22-17(24)14-9-11-15(26-2)12-10-14/h4-12H,3H2,1-2H3,(H,22,24)(H,21,23,25). The van der Waals surface area contributed by atoms with Crippen LogP contribution in [-0.4, -0.2) is 30.7 Å². The lowest BCUT2D eigenvalue weighted by molar-refractivity contribution is 0.102. The minimum absolute atomic E-state index is 0.254. The average Bonchev–Trinajstić information content (AvgIpc) is 3.10. The van der Waals surface area contributed by atoms with E-state index in [1.54, 1.807) is 38.3 Å². The van der Waals surface area contributed by atoms with E-state index in [0.29, 0.717) is 27.1 Å². The zero-order valence-corrected chi connectivity index (χ0v) is 16.2. The van der Waals surface area contributed by atoms with Gasteiger partial charge in [-0.05, 0) is 31.2 Å². The third-order valence-electron chi connectivity index (χ3n) is 3.74. The number of ether oxygens (including phenoxy) is 2. The van der Waals surface area contributed by atoms with Crippen molar-refractivity contribution in [3.8, 4) is 17.0 Å². The minimum atomic E-state index is -0.594. The van der Waals surface area contributed by atoms with Crippen LogP contribution in [-0.2, 0) is 4.74 Å². The predicted octanol–water partition coefficient (Wildman–Crippen LogP) is 4.64. The number of carbonyl (C=O) groups is 2. The largest absolute Gasteiger partial charge is 0.497 e. The number of carbonyl (C=O) groups excluding carboxylic acids is 2. The molecule has 28 heavy (non-hydrogen) atoms. The highest BCUT2D eigenvalue weighted by atomic mass is 32.1. The number of nitrogens with zero attached hydrogens (tertiary/aromatic N) is 1. The lowest BCUT2D eigenvalue weighted by Crippen LogP contribution is -2.12. The molecule has 1 heterocycles. The first-order chi connectivity index (χ1) is 13.6. The van der Waals surface area contributed by atoms with Gasteiger partial charge in [0.1, 0.15) is 16.4 Å². The van der Waals surface area contributed by atoms with E-state index in [9.17, 15) is 9.59 Å². The fourth-order valence-electron chi connectivity index (χ4n) is 2.42. The first-order valence-electron chi connectivity index (χ1n) is 8.56. The van der Waals surface area contributed by atoms with Crippen molar-refractivity contribution in [2.75, 3.05) is 24.4 Å². The van der Waals surface area contributed by atoms with Gasteiger partial charge in [-0.2, -0.15) is 0 Å². The third kappa shape index (κ3) is 4.66. The van der Waals surface area contributed by atoms with E-state index in [1.165, 1.54) is 0 Å². The maximum absolute atomic E-state index is 12.6. The normalized spacial score (nSPS) is 10.2. The molecule has 0 bridgehead atoms. The summed E-state index contributed by atoms with van der Waals surface area (Å²) >= 11 is 1.16. The molecule has 0 saturated heterocycles. The van der Waals surface area contributed by atoms with Gasteiger partial charge in [0, 0.05) is 11.1 Å². The lowest BCUT2D eigenvalue weighted by Gasteiger charge is -2.06. The number of rotatable bonds is 6. The summed E-state index contributed by atoms with van der Waals surface area (Å²) < 4.78 is 10.0. The van der Waals surface area contributed by atoms with E-state index in [1.807, 2.05) is 30.3 Å². The number of nitrogens with one attached hydrogen (secondary N) is 2. The van der Waals surface area contributed by atoms with Gasteiger partial charge in [0.15, 0.2) is 5.13 Å². The number of hydrogen-bond donors (Lipinski definition) is 2. The molecular formula is C20H19N3O4S. The number of anilines is 2. The van der Waals surface area contributed by atoms with Crippen molar-refractivity contribution in [1.82, 2.24) is 4.98 Å². The van der Waals surface area contributed by atoms with Gasteiger partial charge in [0.05, 0.1) is 13.7 Å². The Morgan fingerprint density at radius 1 is 1.04 bits per heavy atom. The summed E-state index contributed by atoms with van der Waals surface area (Å²) in [5, 5.41) is 6.31. The second kappa shape index (κ2) is 9.01. The number of methoxy groups -OCH3 is 1. The molecule has 2 aromatic carbocycles. The Kier molecular flexibility index (Phi) is 6.23. The topological polar surface area (TPSA) is 89.5 Å². The zero-order valence-electron chi connectivity index (χ0n) is 15.4. The maximum atomic E-state index is 12.6. The van der Waals surface area contributed by atoms with Crippen LogP contribution in [0.2, 0.25) is 0 Å². The molecule has 1 aromatic heterocycles. The van der Waals surface area contributed by atoms with Crippen LogP contribution < -0.4 is 15.4 Å². The average molecular weight is 397 g/mol. The molecule has 0 radical (unpaired) electrons. The van der Waals surface area contributed by atoms with Crippen LogP contribution in [0, 0.1) is 0 Å². The molecule has 2 N–H and O–H groups in total. The number of hydrogen-bond acceptors (Lipinski definition) is 6. The second-order valence-corrected chi connectivity index (χ2v) is 6.59. The molecule has 0 unspecified atom stereocenters. The summed E-state index contributed by atoms with van der Waals surface area (Å²) in [6.07, 6.45) is -0.594. The van der Waals surface area contributed by atoms with Crippen molar-refractivity contribution < 1.29 is 19.1 Å².